The van der Waals surface area contributed by atoms with Crippen molar-refractivity contribution in [2.24, 2.45) is 0 Å². The second-order valence-corrected chi connectivity index (χ2v) is 5.99. The quantitative estimate of drug-likeness (QED) is 0.756. The number of hydrogen-bond acceptors (Lipinski definition) is 4. The van der Waals surface area contributed by atoms with Crippen molar-refractivity contribution in [3.63, 3.8) is 0 Å². The Morgan fingerprint density at radius 1 is 1.60 bits per heavy atom. The number of carbonyl (C=O) groups is 1. The molecule has 1 aliphatic rings. The molecule has 1 rings (SSSR count). The standard InChI is InChI=1S/C10H19NO3S/c1-9(2,3)14-8(12)11-6-10(13)4-5-15-7-10/h13H,4-7H2,1-3H3,(H,11,12). The number of hydrogen-bond donors (Lipinski definition) is 2. The molecule has 1 aliphatic heterocycles. The predicted molar refractivity (Wildman–Crippen MR) is 61.1 cm³/mol. The minimum absolute atomic E-state index is 0.273. The molecule has 0 bridgehead atoms. The van der Waals surface area contributed by atoms with Crippen LogP contribution in [0.5, 0.6) is 0 Å². The molecule has 0 aromatic carbocycles. The Bertz CT molecular complexity index is 231. The predicted octanol–water partition coefficient (Wildman–Crippen LogP) is 1.38. The molecule has 0 aromatic heterocycles. The van der Waals surface area contributed by atoms with E-state index in [1.54, 1.807) is 11.8 Å². The van der Waals surface area contributed by atoms with E-state index < -0.39 is 17.3 Å². The smallest absolute Gasteiger partial charge is 0.407 e. The Kier molecular flexibility index (Phi) is 3.89. The van der Waals surface area contributed by atoms with Crippen LogP contribution < -0.4 is 5.32 Å². The van der Waals surface area contributed by atoms with Gasteiger partial charge in [0.15, 0.2) is 0 Å². The van der Waals surface area contributed by atoms with E-state index in [2.05, 4.69) is 5.32 Å². The molecule has 0 spiro atoms. The SMILES string of the molecule is CC(C)(C)OC(=O)NCC1(O)CCSC1. The van der Waals surface area contributed by atoms with Crippen LogP contribution in [-0.4, -0.2) is 40.5 Å². The summed E-state index contributed by atoms with van der Waals surface area (Å²) in [5.41, 5.74) is -1.24. The number of rotatable bonds is 2. The Balaban J connectivity index is 2.28. The molecular weight excluding hydrogens is 214 g/mol. The highest BCUT2D eigenvalue weighted by atomic mass is 32.2. The molecule has 15 heavy (non-hydrogen) atoms. The summed E-state index contributed by atoms with van der Waals surface area (Å²) < 4.78 is 5.07. The van der Waals surface area contributed by atoms with E-state index in [0.717, 1.165) is 12.2 Å². The summed E-state index contributed by atoms with van der Waals surface area (Å²) in [6.45, 7) is 5.71. The Morgan fingerprint density at radius 2 is 2.27 bits per heavy atom. The minimum atomic E-state index is -0.748. The lowest BCUT2D eigenvalue weighted by Gasteiger charge is -2.24. The summed E-state index contributed by atoms with van der Waals surface area (Å²) in [5, 5.41) is 12.5. The van der Waals surface area contributed by atoms with E-state index in [9.17, 15) is 9.90 Å². The lowest BCUT2D eigenvalue weighted by atomic mass is 10.0. The van der Waals surface area contributed by atoms with Crippen molar-refractivity contribution < 1.29 is 14.6 Å². The largest absolute Gasteiger partial charge is 0.444 e. The number of alkyl carbamates (subject to hydrolysis) is 1. The highest BCUT2D eigenvalue weighted by Gasteiger charge is 2.32. The van der Waals surface area contributed by atoms with E-state index in [4.69, 9.17) is 4.74 Å². The van der Waals surface area contributed by atoms with Crippen LogP contribution in [-0.2, 0) is 4.74 Å². The molecule has 0 aliphatic carbocycles. The molecule has 0 radical (unpaired) electrons. The maximum absolute atomic E-state index is 11.3. The summed E-state index contributed by atoms with van der Waals surface area (Å²) in [6, 6.07) is 0. The molecule has 1 atom stereocenters. The summed E-state index contributed by atoms with van der Waals surface area (Å²) in [5.74, 6) is 1.63. The van der Waals surface area contributed by atoms with Crippen LogP contribution in [0.3, 0.4) is 0 Å². The third kappa shape index (κ3) is 4.75. The number of nitrogens with one attached hydrogen (secondary N) is 1. The lowest BCUT2D eigenvalue weighted by molar-refractivity contribution is 0.0361. The molecule has 1 unspecified atom stereocenters. The van der Waals surface area contributed by atoms with Gasteiger partial charge in [-0.3, -0.25) is 0 Å². The van der Waals surface area contributed by atoms with E-state index in [1.165, 1.54) is 0 Å². The first-order valence-corrected chi connectivity index (χ1v) is 6.23. The molecule has 2 N–H and O–H groups in total. The molecule has 1 saturated heterocycles. The second-order valence-electron chi connectivity index (χ2n) is 4.88. The minimum Gasteiger partial charge on any atom is -0.444 e. The van der Waals surface area contributed by atoms with Gasteiger partial charge in [-0.15, -0.1) is 0 Å². The average molecular weight is 233 g/mol. The number of aliphatic hydroxyl groups is 1. The van der Waals surface area contributed by atoms with Gasteiger partial charge in [0.05, 0.1) is 12.1 Å². The van der Waals surface area contributed by atoms with Gasteiger partial charge < -0.3 is 15.2 Å². The van der Waals surface area contributed by atoms with E-state index >= 15 is 0 Å². The number of amides is 1. The van der Waals surface area contributed by atoms with Crippen molar-refractivity contribution in [1.29, 1.82) is 0 Å². The fourth-order valence-corrected chi connectivity index (χ4v) is 2.58. The van der Waals surface area contributed by atoms with Crippen LogP contribution in [0.25, 0.3) is 0 Å². The van der Waals surface area contributed by atoms with Crippen LogP contribution in [0.4, 0.5) is 4.79 Å². The van der Waals surface area contributed by atoms with Crippen molar-refractivity contribution in [2.45, 2.75) is 38.4 Å². The maximum atomic E-state index is 11.3. The van der Waals surface area contributed by atoms with Gasteiger partial charge in [0.2, 0.25) is 0 Å². The number of carbonyl (C=O) groups excluding carboxylic acids is 1. The third-order valence-electron chi connectivity index (χ3n) is 2.04. The monoisotopic (exact) mass is 233 g/mol. The first-order chi connectivity index (χ1) is 6.81. The highest BCUT2D eigenvalue weighted by Crippen LogP contribution is 2.26. The van der Waals surface area contributed by atoms with E-state index in [-0.39, 0.29) is 6.54 Å². The highest BCUT2D eigenvalue weighted by molar-refractivity contribution is 7.99. The van der Waals surface area contributed by atoms with Gasteiger partial charge in [-0.1, -0.05) is 0 Å². The first kappa shape index (κ1) is 12.6. The fraction of sp³-hybridized carbons (Fsp3) is 0.900. The Labute approximate surface area is 94.8 Å². The molecule has 5 heteroatoms. The van der Waals surface area contributed by atoms with E-state index in [1.807, 2.05) is 20.8 Å². The van der Waals surface area contributed by atoms with Crippen LogP contribution in [0.15, 0.2) is 0 Å². The van der Waals surface area contributed by atoms with Gasteiger partial charge in [0.25, 0.3) is 0 Å². The zero-order valence-corrected chi connectivity index (χ0v) is 10.3. The average Bonchev–Trinajstić information content (AvgIpc) is 2.47. The maximum Gasteiger partial charge on any atom is 0.407 e. The zero-order valence-electron chi connectivity index (χ0n) is 9.50. The lowest BCUT2D eigenvalue weighted by Crippen LogP contribution is -2.44. The molecule has 4 nitrogen and oxygen atoms in total. The first-order valence-electron chi connectivity index (χ1n) is 5.08. The van der Waals surface area contributed by atoms with Crippen molar-refractivity contribution >= 4 is 17.9 Å². The molecule has 1 heterocycles. The van der Waals surface area contributed by atoms with Crippen LogP contribution >= 0.6 is 11.8 Å². The molecular formula is C10H19NO3S. The van der Waals surface area contributed by atoms with Crippen molar-refractivity contribution in [1.82, 2.24) is 5.32 Å². The summed E-state index contributed by atoms with van der Waals surface area (Å²) >= 11 is 1.70. The normalized spacial score (nSPS) is 26.4. The van der Waals surface area contributed by atoms with Crippen LogP contribution in [0.2, 0.25) is 0 Å². The van der Waals surface area contributed by atoms with Gasteiger partial charge in [-0.25, -0.2) is 4.79 Å². The second kappa shape index (κ2) is 4.61. The topological polar surface area (TPSA) is 58.6 Å². The van der Waals surface area contributed by atoms with Gasteiger partial charge in [0.1, 0.15) is 5.60 Å². The van der Waals surface area contributed by atoms with Gasteiger partial charge in [-0.05, 0) is 32.9 Å². The van der Waals surface area contributed by atoms with Crippen LogP contribution in [0, 0.1) is 0 Å². The van der Waals surface area contributed by atoms with E-state index in [0.29, 0.717) is 5.75 Å². The fourth-order valence-electron chi connectivity index (χ4n) is 1.29. The van der Waals surface area contributed by atoms with Crippen molar-refractivity contribution in [3.8, 4) is 0 Å². The molecule has 88 valence electrons. The summed E-state index contributed by atoms with van der Waals surface area (Å²) in [7, 11) is 0. The Morgan fingerprint density at radius 3 is 2.73 bits per heavy atom. The van der Waals surface area contributed by atoms with Gasteiger partial charge >= 0.3 is 6.09 Å². The van der Waals surface area contributed by atoms with Crippen molar-refractivity contribution in [2.75, 3.05) is 18.1 Å². The van der Waals surface area contributed by atoms with Gasteiger partial charge in [0, 0.05) is 5.75 Å². The number of ether oxygens (including phenoxy) is 1. The molecule has 0 aromatic rings. The number of thioether (sulfide) groups is 1. The molecule has 1 amide bonds. The summed E-state index contributed by atoms with van der Waals surface area (Å²) in [4.78, 5) is 11.3. The third-order valence-corrected chi connectivity index (χ3v) is 3.28. The Hall–Kier alpha value is -0.420. The van der Waals surface area contributed by atoms with Gasteiger partial charge in [-0.2, -0.15) is 11.8 Å². The van der Waals surface area contributed by atoms with Crippen molar-refractivity contribution in [3.05, 3.63) is 0 Å². The molecule has 1 fully saturated rings. The summed E-state index contributed by atoms with van der Waals surface area (Å²) in [6.07, 6.45) is 0.265. The molecule has 0 saturated carbocycles. The zero-order chi connectivity index (χ0) is 11.5. The van der Waals surface area contributed by atoms with Crippen LogP contribution in [0.1, 0.15) is 27.2 Å².